The number of benzene rings is 1. The minimum absolute atomic E-state index is 0.0134. The molecule has 0 spiro atoms. The molecule has 0 bridgehead atoms. The second-order valence-electron chi connectivity index (χ2n) is 6.33. The summed E-state index contributed by atoms with van der Waals surface area (Å²) in [6.07, 6.45) is 1.11. The monoisotopic (exact) mass is 303 g/mol. The number of nitrogens with zero attached hydrogens (tertiary/aromatic N) is 2. The van der Waals surface area contributed by atoms with E-state index in [1.165, 1.54) is 5.56 Å². The summed E-state index contributed by atoms with van der Waals surface area (Å²) in [5.41, 5.74) is 1.20. The van der Waals surface area contributed by atoms with Crippen LogP contribution < -0.4 is 5.32 Å². The molecule has 1 aliphatic heterocycles. The maximum Gasteiger partial charge on any atom is 0.225 e. The lowest BCUT2D eigenvalue weighted by molar-refractivity contribution is -0.128. The molecule has 1 aliphatic rings. The highest BCUT2D eigenvalue weighted by atomic mass is 16.2. The van der Waals surface area contributed by atoms with Crippen molar-refractivity contribution in [3.05, 3.63) is 35.9 Å². The van der Waals surface area contributed by atoms with Gasteiger partial charge in [-0.3, -0.25) is 9.59 Å². The zero-order valence-electron chi connectivity index (χ0n) is 13.6. The highest BCUT2D eigenvalue weighted by Gasteiger charge is 2.32. The molecule has 0 aliphatic carbocycles. The first-order valence-corrected chi connectivity index (χ1v) is 7.68. The maximum atomic E-state index is 12.4. The van der Waals surface area contributed by atoms with E-state index in [-0.39, 0.29) is 23.8 Å². The van der Waals surface area contributed by atoms with Gasteiger partial charge in [0.25, 0.3) is 0 Å². The smallest absolute Gasteiger partial charge is 0.225 e. The Morgan fingerprint density at radius 1 is 1.36 bits per heavy atom. The van der Waals surface area contributed by atoms with Crippen LogP contribution in [0.15, 0.2) is 30.3 Å². The average Bonchev–Trinajstić information content (AvgIpc) is 2.79. The van der Waals surface area contributed by atoms with Gasteiger partial charge in [-0.05, 0) is 26.1 Å². The largest absolute Gasteiger partial charge is 0.351 e. The highest BCUT2D eigenvalue weighted by molar-refractivity contribution is 5.89. The van der Waals surface area contributed by atoms with Gasteiger partial charge in [-0.15, -0.1) is 0 Å². The molecule has 0 radical (unpaired) electrons. The normalized spacial score (nSPS) is 19.5. The molecular weight excluding hydrogens is 278 g/mol. The average molecular weight is 303 g/mol. The fourth-order valence-electron chi connectivity index (χ4n) is 2.86. The molecule has 1 saturated heterocycles. The van der Waals surface area contributed by atoms with Gasteiger partial charge >= 0.3 is 0 Å². The second kappa shape index (κ2) is 7.40. The highest BCUT2D eigenvalue weighted by Crippen LogP contribution is 2.16. The quantitative estimate of drug-likeness (QED) is 0.844. The van der Waals surface area contributed by atoms with Crippen molar-refractivity contribution in [3.8, 4) is 0 Å². The Kier molecular flexibility index (Phi) is 5.55. The minimum atomic E-state index is -0.224. The standard InChI is InChI=1S/C17H25N3O2/c1-19(2)12-15(9-13-7-5-4-6-8-13)18-17(22)14-10-16(21)20(3)11-14/h4-8,14-15H,9-12H2,1-3H3,(H,18,22)/t14-,15-/m0/s1. The Morgan fingerprint density at radius 2 is 2.05 bits per heavy atom. The summed E-state index contributed by atoms with van der Waals surface area (Å²) in [7, 11) is 5.74. The van der Waals surface area contributed by atoms with Crippen molar-refractivity contribution in [2.45, 2.75) is 18.9 Å². The molecule has 120 valence electrons. The van der Waals surface area contributed by atoms with Crippen LogP contribution in [0.25, 0.3) is 0 Å². The number of carbonyl (C=O) groups is 2. The predicted octanol–water partition coefficient (Wildman–Crippen LogP) is 0.754. The molecule has 2 amide bonds. The van der Waals surface area contributed by atoms with E-state index in [0.717, 1.165) is 13.0 Å². The first-order valence-electron chi connectivity index (χ1n) is 7.68. The van der Waals surface area contributed by atoms with Crippen molar-refractivity contribution < 1.29 is 9.59 Å². The Hall–Kier alpha value is -1.88. The van der Waals surface area contributed by atoms with Crippen LogP contribution in [-0.4, -0.2) is 61.9 Å². The van der Waals surface area contributed by atoms with Crippen LogP contribution in [0.2, 0.25) is 0 Å². The molecule has 0 aromatic heterocycles. The van der Waals surface area contributed by atoms with Crippen molar-refractivity contribution in [2.24, 2.45) is 5.92 Å². The van der Waals surface area contributed by atoms with Crippen molar-refractivity contribution >= 4 is 11.8 Å². The van der Waals surface area contributed by atoms with Crippen LogP contribution in [-0.2, 0) is 16.0 Å². The van der Waals surface area contributed by atoms with Gasteiger partial charge in [0.15, 0.2) is 0 Å². The predicted molar refractivity (Wildman–Crippen MR) is 86.4 cm³/mol. The van der Waals surface area contributed by atoms with Gasteiger partial charge in [-0.1, -0.05) is 30.3 Å². The lowest BCUT2D eigenvalue weighted by Crippen LogP contribution is -2.45. The number of rotatable bonds is 6. The molecule has 0 saturated carbocycles. The summed E-state index contributed by atoms with van der Waals surface area (Å²) < 4.78 is 0. The maximum absolute atomic E-state index is 12.4. The summed E-state index contributed by atoms with van der Waals surface area (Å²) in [4.78, 5) is 27.7. The van der Waals surface area contributed by atoms with Gasteiger partial charge in [0.1, 0.15) is 0 Å². The lowest BCUT2D eigenvalue weighted by Gasteiger charge is -2.24. The van der Waals surface area contributed by atoms with Crippen LogP contribution in [0, 0.1) is 5.92 Å². The van der Waals surface area contributed by atoms with E-state index in [1.807, 2.05) is 32.3 Å². The fourth-order valence-corrected chi connectivity index (χ4v) is 2.86. The van der Waals surface area contributed by atoms with E-state index < -0.39 is 0 Å². The first-order chi connectivity index (χ1) is 10.5. The molecule has 1 fully saturated rings. The first kappa shape index (κ1) is 16.5. The summed E-state index contributed by atoms with van der Waals surface area (Å²) in [5.74, 6) is -0.189. The van der Waals surface area contributed by atoms with Crippen LogP contribution >= 0.6 is 0 Å². The van der Waals surface area contributed by atoms with Crippen LogP contribution in [0.1, 0.15) is 12.0 Å². The molecule has 22 heavy (non-hydrogen) atoms. The molecule has 0 unspecified atom stereocenters. The number of nitrogens with one attached hydrogen (secondary N) is 1. The van der Waals surface area contributed by atoms with Crippen LogP contribution in [0.3, 0.4) is 0 Å². The van der Waals surface area contributed by atoms with Gasteiger partial charge in [0.2, 0.25) is 11.8 Å². The van der Waals surface area contributed by atoms with E-state index in [4.69, 9.17) is 0 Å². The Labute approximate surface area is 132 Å². The van der Waals surface area contributed by atoms with Crippen molar-refractivity contribution in [2.75, 3.05) is 34.2 Å². The number of hydrogen-bond acceptors (Lipinski definition) is 3. The summed E-state index contributed by atoms with van der Waals surface area (Å²) in [5, 5.41) is 3.12. The molecule has 2 rings (SSSR count). The Balaban J connectivity index is 1.97. The SMILES string of the molecule is CN(C)C[C@H](Cc1ccccc1)NC(=O)[C@H]1CC(=O)N(C)C1. The Morgan fingerprint density at radius 3 is 2.59 bits per heavy atom. The minimum Gasteiger partial charge on any atom is -0.351 e. The molecule has 2 atom stereocenters. The third-order valence-corrected chi connectivity index (χ3v) is 3.97. The van der Waals surface area contributed by atoms with Crippen molar-refractivity contribution in [1.29, 1.82) is 0 Å². The summed E-state index contributed by atoms with van der Waals surface area (Å²) in [6.45, 7) is 1.29. The fraction of sp³-hybridized carbons (Fsp3) is 0.529. The van der Waals surface area contributed by atoms with Gasteiger partial charge in [-0.2, -0.15) is 0 Å². The van der Waals surface area contributed by atoms with E-state index in [9.17, 15) is 9.59 Å². The summed E-state index contributed by atoms with van der Waals surface area (Å²) >= 11 is 0. The zero-order valence-corrected chi connectivity index (χ0v) is 13.6. The molecule has 1 heterocycles. The van der Waals surface area contributed by atoms with Crippen molar-refractivity contribution in [3.63, 3.8) is 0 Å². The van der Waals surface area contributed by atoms with Crippen molar-refractivity contribution in [1.82, 2.24) is 15.1 Å². The third-order valence-electron chi connectivity index (χ3n) is 3.97. The lowest BCUT2D eigenvalue weighted by atomic mass is 10.0. The molecule has 1 N–H and O–H groups in total. The van der Waals surface area contributed by atoms with Gasteiger partial charge in [-0.25, -0.2) is 0 Å². The van der Waals surface area contributed by atoms with E-state index in [2.05, 4.69) is 22.3 Å². The topological polar surface area (TPSA) is 52.7 Å². The molecular formula is C17H25N3O2. The zero-order chi connectivity index (χ0) is 16.1. The van der Waals surface area contributed by atoms with Gasteiger partial charge < -0.3 is 15.1 Å². The van der Waals surface area contributed by atoms with E-state index in [1.54, 1.807) is 11.9 Å². The van der Waals surface area contributed by atoms with Gasteiger partial charge in [0.05, 0.1) is 5.92 Å². The number of amides is 2. The summed E-state index contributed by atoms with van der Waals surface area (Å²) in [6, 6.07) is 10.2. The van der Waals surface area contributed by atoms with Gasteiger partial charge in [0, 0.05) is 32.6 Å². The molecule has 1 aromatic carbocycles. The molecule has 1 aromatic rings. The number of hydrogen-bond donors (Lipinski definition) is 1. The third kappa shape index (κ3) is 4.56. The molecule has 5 heteroatoms. The molecule has 5 nitrogen and oxygen atoms in total. The number of likely N-dealkylation sites (N-methyl/N-ethyl adjacent to an activating group) is 1. The van der Waals surface area contributed by atoms with E-state index in [0.29, 0.717) is 13.0 Å². The number of carbonyl (C=O) groups excluding carboxylic acids is 2. The van der Waals surface area contributed by atoms with E-state index >= 15 is 0 Å². The Bertz CT molecular complexity index is 516. The van der Waals surface area contributed by atoms with Crippen LogP contribution in [0.4, 0.5) is 0 Å². The van der Waals surface area contributed by atoms with Crippen LogP contribution in [0.5, 0.6) is 0 Å². The number of likely N-dealkylation sites (tertiary alicyclic amines) is 1. The second-order valence-corrected chi connectivity index (χ2v) is 6.33.